The summed E-state index contributed by atoms with van der Waals surface area (Å²) in [5.41, 5.74) is 1.32. The fourth-order valence-corrected chi connectivity index (χ4v) is 1.18. The van der Waals surface area contributed by atoms with Crippen molar-refractivity contribution in [2.75, 3.05) is 0 Å². The number of aryl methyl sites for hydroxylation is 1. The maximum absolute atomic E-state index is 2.08. The van der Waals surface area contributed by atoms with E-state index in [2.05, 4.69) is 19.1 Å². The van der Waals surface area contributed by atoms with Crippen molar-refractivity contribution in [2.24, 2.45) is 0 Å². The van der Waals surface area contributed by atoms with E-state index in [1.54, 1.807) is 0 Å². The topological polar surface area (TPSA) is 0 Å². The van der Waals surface area contributed by atoms with Gasteiger partial charge < -0.3 is 0 Å². The Kier molecular flexibility index (Phi) is 16.3. The van der Waals surface area contributed by atoms with E-state index in [1.165, 1.54) is 5.56 Å². The van der Waals surface area contributed by atoms with Gasteiger partial charge in [-0.2, -0.15) is 36.4 Å². The van der Waals surface area contributed by atoms with Crippen LogP contribution in [0.5, 0.6) is 0 Å². The molecule has 0 spiro atoms. The van der Waals surface area contributed by atoms with Gasteiger partial charge in [0.2, 0.25) is 0 Å². The molecule has 0 atom stereocenters. The Morgan fingerprint density at radius 3 is 1.11 bits per heavy atom. The molecule has 0 heterocycles. The summed E-state index contributed by atoms with van der Waals surface area (Å²) in [6.45, 7) is 2.08. The van der Waals surface area contributed by atoms with Gasteiger partial charge in [0, 0.05) is 37.1 Å². The van der Waals surface area contributed by atoms with Crippen molar-refractivity contribution in [3.8, 4) is 0 Å². The van der Waals surface area contributed by atoms with Crippen LogP contribution in [0.4, 0.5) is 0 Å². The summed E-state index contributed by atoms with van der Waals surface area (Å²) in [5, 5.41) is 0. The first kappa shape index (κ1) is 20.4. The molecule has 2 radical (unpaired) electrons. The van der Waals surface area contributed by atoms with E-state index < -0.39 is 0 Å². The molecule has 0 aliphatic carbocycles. The summed E-state index contributed by atoms with van der Waals surface area (Å²) in [5.74, 6) is 0. The van der Waals surface area contributed by atoms with E-state index in [-0.39, 0.29) is 37.1 Å². The minimum Gasteiger partial charge on any atom is -0.214 e. The summed E-state index contributed by atoms with van der Waals surface area (Å²) in [4.78, 5) is 0. The second kappa shape index (κ2) is 15.1. The zero-order valence-corrected chi connectivity index (χ0v) is 13.8. The quantitative estimate of drug-likeness (QED) is 0.521. The van der Waals surface area contributed by atoms with Crippen molar-refractivity contribution < 1.29 is 37.1 Å². The molecular formula is C17H18V2-2. The van der Waals surface area contributed by atoms with Crippen LogP contribution in [0.3, 0.4) is 0 Å². The Balaban J connectivity index is 0. The Morgan fingerprint density at radius 2 is 0.947 bits per heavy atom. The molecule has 0 aliphatic rings. The van der Waals surface area contributed by atoms with Gasteiger partial charge in [-0.05, 0) is 6.92 Å². The van der Waals surface area contributed by atoms with Crippen LogP contribution in [0.25, 0.3) is 0 Å². The van der Waals surface area contributed by atoms with E-state index in [0.29, 0.717) is 0 Å². The van der Waals surface area contributed by atoms with Crippen molar-refractivity contribution in [1.82, 2.24) is 0 Å². The number of hydrogen-bond acceptors (Lipinski definition) is 0. The van der Waals surface area contributed by atoms with E-state index >= 15 is 0 Å². The molecule has 0 amide bonds. The predicted octanol–water partition coefficient (Wildman–Crippen LogP) is 4.80. The van der Waals surface area contributed by atoms with Gasteiger partial charge in [-0.15, -0.1) is 0 Å². The van der Waals surface area contributed by atoms with Crippen LogP contribution in [0.1, 0.15) is 5.56 Å². The van der Waals surface area contributed by atoms with Crippen LogP contribution in [0.2, 0.25) is 0 Å². The van der Waals surface area contributed by atoms with Gasteiger partial charge in [0.15, 0.2) is 0 Å². The maximum atomic E-state index is 2.08. The summed E-state index contributed by atoms with van der Waals surface area (Å²) < 4.78 is 0. The smallest absolute Gasteiger partial charge is 0 e. The summed E-state index contributed by atoms with van der Waals surface area (Å²) in [7, 11) is 0. The predicted molar refractivity (Wildman–Crippen MR) is 75.2 cm³/mol. The van der Waals surface area contributed by atoms with E-state index in [1.807, 2.05) is 78.9 Å². The third-order valence-electron chi connectivity index (χ3n) is 2.05. The Bertz CT molecular complexity index is 367. The molecule has 0 unspecified atom stereocenters. The maximum Gasteiger partial charge on any atom is 0 e. The van der Waals surface area contributed by atoms with Gasteiger partial charge in [-0.1, -0.05) is 35.9 Å². The standard InChI is InChI=1S/C7H8.2C5H5.2V/c1-7-5-3-2-4-6-7;2*1-2-4-5-3-1;;/h2-6H,1H3;2*1-5H;;/q;2*-1;;. The fraction of sp³-hybridized carbons (Fsp3) is 0.0588. The Morgan fingerprint density at radius 1 is 0.579 bits per heavy atom. The normalized spacial score (nSPS) is 7.42. The monoisotopic (exact) mass is 324 g/mol. The van der Waals surface area contributed by atoms with Crippen molar-refractivity contribution in [2.45, 2.75) is 6.92 Å². The third-order valence-corrected chi connectivity index (χ3v) is 2.05. The number of hydrogen-bond donors (Lipinski definition) is 0. The van der Waals surface area contributed by atoms with Crippen molar-refractivity contribution in [1.29, 1.82) is 0 Å². The van der Waals surface area contributed by atoms with E-state index in [0.717, 1.165) is 0 Å². The van der Waals surface area contributed by atoms with Crippen molar-refractivity contribution >= 4 is 0 Å². The summed E-state index contributed by atoms with van der Waals surface area (Å²) >= 11 is 0. The fourth-order valence-electron chi connectivity index (χ4n) is 1.18. The van der Waals surface area contributed by atoms with Crippen molar-refractivity contribution in [3.63, 3.8) is 0 Å². The molecule has 19 heavy (non-hydrogen) atoms. The molecule has 3 aromatic carbocycles. The molecule has 0 aliphatic heterocycles. The molecule has 2 heteroatoms. The molecule has 3 rings (SSSR count). The molecule has 0 saturated carbocycles. The van der Waals surface area contributed by atoms with Gasteiger partial charge in [0.1, 0.15) is 0 Å². The van der Waals surface area contributed by atoms with E-state index in [4.69, 9.17) is 0 Å². The van der Waals surface area contributed by atoms with Gasteiger partial charge in [0.05, 0.1) is 0 Å². The summed E-state index contributed by atoms with van der Waals surface area (Å²) in [6, 6.07) is 30.3. The first-order valence-electron chi connectivity index (χ1n) is 5.74. The van der Waals surface area contributed by atoms with Gasteiger partial charge in [0.25, 0.3) is 0 Å². The molecule has 0 saturated heterocycles. The van der Waals surface area contributed by atoms with Crippen LogP contribution in [0.15, 0.2) is 91.0 Å². The first-order valence-corrected chi connectivity index (χ1v) is 5.74. The minimum absolute atomic E-state index is 0. The van der Waals surface area contributed by atoms with Crippen LogP contribution < -0.4 is 0 Å². The molecule has 0 nitrogen and oxygen atoms in total. The Hall–Kier alpha value is -0.911. The molecule has 0 bridgehead atoms. The van der Waals surface area contributed by atoms with Crippen LogP contribution in [0, 0.1) is 6.92 Å². The minimum atomic E-state index is 0. The molecule has 0 fully saturated rings. The van der Waals surface area contributed by atoms with Crippen LogP contribution >= 0.6 is 0 Å². The second-order valence-electron chi connectivity index (χ2n) is 3.58. The zero-order valence-electron chi connectivity index (χ0n) is 11.1. The molecular weight excluding hydrogens is 306 g/mol. The number of rotatable bonds is 0. The average Bonchev–Trinajstić information content (AvgIpc) is 3.09. The zero-order chi connectivity index (χ0) is 12.2. The SMILES string of the molecule is Cc1ccccc1.[V].[V].c1cc[cH-]c1.c1cc[cH-]c1. The van der Waals surface area contributed by atoms with Gasteiger partial charge >= 0.3 is 0 Å². The summed E-state index contributed by atoms with van der Waals surface area (Å²) in [6.07, 6.45) is 0. The van der Waals surface area contributed by atoms with Crippen LogP contribution in [-0.4, -0.2) is 0 Å². The molecule has 0 N–H and O–H groups in total. The Labute approximate surface area is 140 Å². The molecule has 0 aromatic heterocycles. The molecule has 98 valence electrons. The second-order valence-corrected chi connectivity index (χ2v) is 3.58. The number of benzene rings is 1. The van der Waals surface area contributed by atoms with Crippen molar-refractivity contribution in [3.05, 3.63) is 96.6 Å². The molecule has 3 aromatic rings. The van der Waals surface area contributed by atoms with Gasteiger partial charge in [-0.25, -0.2) is 24.3 Å². The third kappa shape index (κ3) is 13.3. The van der Waals surface area contributed by atoms with Crippen LogP contribution in [-0.2, 0) is 37.1 Å². The van der Waals surface area contributed by atoms with E-state index in [9.17, 15) is 0 Å². The first-order chi connectivity index (χ1) is 8.39. The average molecular weight is 324 g/mol. The van der Waals surface area contributed by atoms with Gasteiger partial charge in [-0.3, -0.25) is 0 Å². The largest absolute Gasteiger partial charge is 0.214 e.